The summed E-state index contributed by atoms with van der Waals surface area (Å²) in [5.41, 5.74) is 1.87. The van der Waals surface area contributed by atoms with E-state index < -0.39 is 0 Å². The molecule has 0 radical (unpaired) electrons. The van der Waals surface area contributed by atoms with Crippen LogP contribution in [-0.4, -0.2) is 41.1 Å². The fraction of sp³-hybridized carbons (Fsp3) is 0.444. The number of piperidine rings is 1. The van der Waals surface area contributed by atoms with Crippen LogP contribution in [0.25, 0.3) is 0 Å². The Morgan fingerprint density at radius 2 is 2.38 bits per heavy atom. The van der Waals surface area contributed by atoms with Crippen LogP contribution < -0.4 is 5.32 Å². The summed E-state index contributed by atoms with van der Waals surface area (Å²) >= 11 is 0. The minimum Gasteiger partial charge on any atom is -0.472 e. The molecule has 6 heteroatoms. The smallest absolute Gasteiger partial charge is 0.228 e. The zero-order valence-corrected chi connectivity index (χ0v) is 13.4. The molecule has 0 aromatic carbocycles. The highest BCUT2D eigenvalue weighted by Crippen LogP contribution is 2.33. The number of nitrogens with one attached hydrogen (secondary N) is 1. The van der Waals surface area contributed by atoms with Crippen molar-refractivity contribution >= 4 is 11.6 Å². The average molecular weight is 327 g/mol. The summed E-state index contributed by atoms with van der Waals surface area (Å²) in [6.45, 7) is 2.30. The molecule has 0 spiro atoms. The molecular formula is C18H21N3O3. The van der Waals surface area contributed by atoms with Gasteiger partial charge in [0.05, 0.1) is 36.4 Å². The third-order valence-electron chi connectivity index (χ3n) is 4.88. The number of rotatable bonds is 4. The fourth-order valence-corrected chi connectivity index (χ4v) is 3.72. The molecule has 6 nitrogen and oxygen atoms in total. The molecule has 0 aliphatic carbocycles. The van der Waals surface area contributed by atoms with Crippen molar-refractivity contribution in [1.82, 2.24) is 9.88 Å². The van der Waals surface area contributed by atoms with E-state index >= 15 is 0 Å². The second-order valence-corrected chi connectivity index (χ2v) is 6.49. The van der Waals surface area contributed by atoms with Gasteiger partial charge in [0.25, 0.3) is 0 Å². The van der Waals surface area contributed by atoms with Crippen LogP contribution in [-0.2, 0) is 16.1 Å². The Hall–Kier alpha value is -2.18. The maximum absolute atomic E-state index is 12.7. The van der Waals surface area contributed by atoms with Crippen molar-refractivity contribution in [2.75, 3.05) is 18.5 Å². The molecule has 126 valence electrons. The number of anilines is 1. The lowest BCUT2D eigenvalue weighted by Gasteiger charge is -2.40. The third-order valence-corrected chi connectivity index (χ3v) is 4.88. The second-order valence-electron chi connectivity index (χ2n) is 6.49. The minimum absolute atomic E-state index is 0.0362. The number of hydrogen-bond acceptors (Lipinski definition) is 5. The van der Waals surface area contributed by atoms with Gasteiger partial charge in [-0.05, 0) is 31.0 Å². The van der Waals surface area contributed by atoms with E-state index in [1.807, 2.05) is 18.2 Å². The number of fused-ring (bicyclic) bond motifs is 1. The number of nitrogens with zero attached hydrogens (tertiary/aromatic N) is 2. The van der Waals surface area contributed by atoms with E-state index in [1.165, 1.54) is 0 Å². The van der Waals surface area contributed by atoms with Crippen molar-refractivity contribution in [3.8, 4) is 0 Å². The molecule has 2 saturated heterocycles. The summed E-state index contributed by atoms with van der Waals surface area (Å²) in [5.74, 6) is -0.0504. The average Bonchev–Trinajstić information content (AvgIpc) is 3.27. The van der Waals surface area contributed by atoms with E-state index in [0.29, 0.717) is 6.04 Å². The summed E-state index contributed by atoms with van der Waals surface area (Å²) in [6, 6.07) is 6.04. The zero-order valence-electron chi connectivity index (χ0n) is 13.4. The number of amides is 1. The Balaban J connectivity index is 1.46. The predicted molar refractivity (Wildman–Crippen MR) is 88.2 cm³/mol. The van der Waals surface area contributed by atoms with Crippen LogP contribution in [0.1, 0.15) is 18.4 Å². The first-order valence-electron chi connectivity index (χ1n) is 8.37. The molecule has 2 aliphatic rings. The summed E-state index contributed by atoms with van der Waals surface area (Å²) in [4.78, 5) is 19.1. The number of ether oxygens (including phenoxy) is 1. The summed E-state index contributed by atoms with van der Waals surface area (Å²) in [6.07, 6.45) is 8.76. The first-order chi connectivity index (χ1) is 11.8. The Morgan fingerprint density at radius 1 is 1.42 bits per heavy atom. The van der Waals surface area contributed by atoms with Gasteiger partial charge in [-0.25, -0.2) is 0 Å². The number of hydrogen-bond donors (Lipinski definition) is 1. The van der Waals surface area contributed by atoms with E-state index in [2.05, 4.69) is 15.2 Å². The van der Waals surface area contributed by atoms with Crippen LogP contribution in [0.15, 0.2) is 47.5 Å². The Bertz CT molecular complexity index is 674. The molecule has 4 rings (SSSR count). The molecule has 24 heavy (non-hydrogen) atoms. The molecule has 3 atom stereocenters. The number of aromatic nitrogens is 1. The molecule has 2 aliphatic heterocycles. The zero-order chi connectivity index (χ0) is 16.4. The highest BCUT2D eigenvalue weighted by atomic mass is 16.5. The van der Waals surface area contributed by atoms with E-state index in [0.717, 1.165) is 43.8 Å². The summed E-state index contributed by atoms with van der Waals surface area (Å²) in [5, 5.41) is 2.97. The lowest BCUT2D eigenvalue weighted by molar-refractivity contribution is -0.124. The van der Waals surface area contributed by atoms with Gasteiger partial charge < -0.3 is 14.5 Å². The first kappa shape index (κ1) is 15.4. The van der Waals surface area contributed by atoms with Crippen LogP contribution in [0.2, 0.25) is 0 Å². The SMILES string of the molecule is O=C(Nc1cccnc1)[C@H]1C[C@H]2OCC[C@H]2N(Cc2ccoc2)C1. The lowest BCUT2D eigenvalue weighted by Crippen LogP contribution is -2.51. The van der Waals surface area contributed by atoms with Crippen molar-refractivity contribution < 1.29 is 13.9 Å². The van der Waals surface area contributed by atoms with Gasteiger partial charge in [0.2, 0.25) is 5.91 Å². The Labute approximate surface area is 140 Å². The van der Waals surface area contributed by atoms with Crippen LogP contribution in [0.3, 0.4) is 0 Å². The number of carbonyl (C=O) groups excluding carboxylic acids is 1. The summed E-state index contributed by atoms with van der Waals surface area (Å²) in [7, 11) is 0. The third kappa shape index (κ3) is 3.20. The topological polar surface area (TPSA) is 67.6 Å². The second kappa shape index (κ2) is 6.75. The van der Waals surface area contributed by atoms with Crippen LogP contribution >= 0.6 is 0 Å². The van der Waals surface area contributed by atoms with Crippen LogP contribution in [0, 0.1) is 5.92 Å². The van der Waals surface area contributed by atoms with Gasteiger partial charge in [0, 0.05) is 37.5 Å². The molecule has 0 saturated carbocycles. The van der Waals surface area contributed by atoms with Gasteiger partial charge in [-0.3, -0.25) is 14.7 Å². The highest BCUT2D eigenvalue weighted by Gasteiger charge is 2.42. The van der Waals surface area contributed by atoms with E-state index in [4.69, 9.17) is 9.15 Å². The van der Waals surface area contributed by atoms with Gasteiger partial charge in [-0.1, -0.05) is 0 Å². The molecule has 2 aromatic heterocycles. The van der Waals surface area contributed by atoms with Crippen molar-refractivity contribution in [3.05, 3.63) is 48.7 Å². The van der Waals surface area contributed by atoms with Gasteiger partial charge in [-0.15, -0.1) is 0 Å². The minimum atomic E-state index is -0.0866. The van der Waals surface area contributed by atoms with E-state index in [1.54, 1.807) is 24.9 Å². The molecule has 2 fully saturated rings. The van der Waals surface area contributed by atoms with E-state index in [-0.39, 0.29) is 17.9 Å². The van der Waals surface area contributed by atoms with Crippen molar-refractivity contribution in [1.29, 1.82) is 0 Å². The summed E-state index contributed by atoms with van der Waals surface area (Å²) < 4.78 is 11.1. The van der Waals surface area contributed by atoms with Gasteiger partial charge in [0.15, 0.2) is 0 Å². The molecule has 0 unspecified atom stereocenters. The first-order valence-corrected chi connectivity index (χ1v) is 8.37. The van der Waals surface area contributed by atoms with E-state index in [9.17, 15) is 4.79 Å². The quantitative estimate of drug-likeness (QED) is 0.933. The maximum atomic E-state index is 12.7. The number of carbonyl (C=O) groups is 1. The monoisotopic (exact) mass is 327 g/mol. The molecule has 2 aromatic rings. The predicted octanol–water partition coefficient (Wildman–Crippen LogP) is 2.29. The highest BCUT2D eigenvalue weighted by molar-refractivity contribution is 5.92. The van der Waals surface area contributed by atoms with Crippen LogP contribution in [0.5, 0.6) is 0 Å². The van der Waals surface area contributed by atoms with Crippen molar-refractivity contribution in [3.63, 3.8) is 0 Å². The van der Waals surface area contributed by atoms with Gasteiger partial charge >= 0.3 is 0 Å². The van der Waals surface area contributed by atoms with Gasteiger partial charge in [-0.2, -0.15) is 0 Å². The molecular weight excluding hydrogens is 306 g/mol. The Morgan fingerprint density at radius 3 is 3.17 bits per heavy atom. The lowest BCUT2D eigenvalue weighted by atomic mass is 9.89. The molecule has 1 N–H and O–H groups in total. The normalized spacial score (nSPS) is 26.9. The Kier molecular flexibility index (Phi) is 4.32. The largest absolute Gasteiger partial charge is 0.472 e. The molecule has 4 heterocycles. The van der Waals surface area contributed by atoms with Crippen LogP contribution in [0.4, 0.5) is 5.69 Å². The van der Waals surface area contributed by atoms with Crippen molar-refractivity contribution in [2.45, 2.75) is 31.5 Å². The standard InChI is InChI=1S/C18H21N3O3/c22-18(20-15-2-1-5-19-9-15)14-8-17-16(4-7-24-17)21(11-14)10-13-3-6-23-12-13/h1-3,5-6,9,12,14,16-17H,4,7-8,10-11H2,(H,20,22)/t14-,16+,17+/m0/s1. The number of pyridine rings is 1. The molecule has 1 amide bonds. The maximum Gasteiger partial charge on any atom is 0.228 e. The van der Waals surface area contributed by atoms with Gasteiger partial charge in [0.1, 0.15) is 0 Å². The fourth-order valence-electron chi connectivity index (χ4n) is 3.72. The number of furan rings is 1. The number of likely N-dealkylation sites (tertiary alicyclic amines) is 1. The van der Waals surface area contributed by atoms with Crippen molar-refractivity contribution in [2.24, 2.45) is 5.92 Å². The molecule has 0 bridgehead atoms.